The standard InChI is InChI=1S/C14H18BrN3O/c15-12-1-2-14(11(9-12)10-16)18-7-8-19-13-3-5-17-6-4-13/h1-2,9,13,17-18H,3-8H2. The van der Waals surface area contributed by atoms with Crippen LogP contribution in [0.15, 0.2) is 22.7 Å². The molecule has 0 unspecified atom stereocenters. The SMILES string of the molecule is N#Cc1cc(Br)ccc1NCCOC1CCNCC1. The minimum atomic E-state index is 0.378. The van der Waals surface area contributed by atoms with Gasteiger partial charge in [0.15, 0.2) is 0 Å². The van der Waals surface area contributed by atoms with Gasteiger partial charge in [0.2, 0.25) is 0 Å². The van der Waals surface area contributed by atoms with Gasteiger partial charge in [-0.3, -0.25) is 0 Å². The van der Waals surface area contributed by atoms with Gasteiger partial charge in [-0.2, -0.15) is 5.26 Å². The molecule has 0 aliphatic carbocycles. The second kappa shape index (κ2) is 7.49. The van der Waals surface area contributed by atoms with Gasteiger partial charge < -0.3 is 15.4 Å². The zero-order valence-corrected chi connectivity index (χ0v) is 12.4. The Hall–Kier alpha value is -1.09. The van der Waals surface area contributed by atoms with E-state index in [0.29, 0.717) is 18.3 Å². The summed E-state index contributed by atoms with van der Waals surface area (Å²) in [6.07, 6.45) is 2.55. The molecule has 1 saturated heterocycles. The van der Waals surface area contributed by atoms with Crippen LogP contribution in [0.5, 0.6) is 0 Å². The van der Waals surface area contributed by atoms with E-state index in [9.17, 15) is 0 Å². The van der Waals surface area contributed by atoms with Gasteiger partial charge in [-0.05, 0) is 44.1 Å². The first-order valence-corrected chi connectivity index (χ1v) is 7.35. The number of halogens is 1. The Morgan fingerprint density at radius 1 is 1.42 bits per heavy atom. The number of piperidine rings is 1. The lowest BCUT2D eigenvalue weighted by Crippen LogP contribution is -2.33. The van der Waals surface area contributed by atoms with Crippen LogP contribution in [0, 0.1) is 11.3 Å². The monoisotopic (exact) mass is 323 g/mol. The van der Waals surface area contributed by atoms with Crippen molar-refractivity contribution in [2.75, 3.05) is 31.6 Å². The van der Waals surface area contributed by atoms with E-state index in [1.54, 1.807) is 0 Å². The van der Waals surface area contributed by atoms with E-state index in [2.05, 4.69) is 32.6 Å². The second-order valence-corrected chi connectivity index (χ2v) is 5.46. The zero-order chi connectivity index (χ0) is 13.5. The molecule has 1 heterocycles. The molecule has 2 N–H and O–H groups in total. The highest BCUT2D eigenvalue weighted by atomic mass is 79.9. The van der Waals surface area contributed by atoms with Crippen molar-refractivity contribution in [3.05, 3.63) is 28.2 Å². The summed E-state index contributed by atoms with van der Waals surface area (Å²) in [5.74, 6) is 0. The Kier molecular flexibility index (Phi) is 5.64. The van der Waals surface area contributed by atoms with Crippen molar-refractivity contribution in [3.63, 3.8) is 0 Å². The van der Waals surface area contributed by atoms with Crippen molar-refractivity contribution in [2.45, 2.75) is 18.9 Å². The first-order valence-electron chi connectivity index (χ1n) is 6.55. The molecular weight excluding hydrogens is 306 g/mol. The van der Waals surface area contributed by atoms with Gasteiger partial charge in [-0.25, -0.2) is 0 Å². The van der Waals surface area contributed by atoms with E-state index < -0.39 is 0 Å². The molecule has 1 aromatic rings. The summed E-state index contributed by atoms with van der Waals surface area (Å²) >= 11 is 3.36. The van der Waals surface area contributed by atoms with Crippen LogP contribution >= 0.6 is 15.9 Å². The Bertz CT molecular complexity index is 452. The quantitative estimate of drug-likeness (QED) is 0.817. The van der Waals surface area contributed by atoms with Crippen LogP contribution < -0.4 is 10.6 Å². The lowest BCUT2D eigenvalue weighted by atomic mass is 10.1. The first-order chi connectivity index (χ1) is 9.29. The van der Waals surface area contributed by atoms with Crippen LogP contribution in [0.1, 0.15) is 18.4 Å². The average Bonchev–Trinajstić information content (AvgIpc) is 2.46. The summed E-state index contributed by atoms with van der Waals surface area (Å²) in [7, 11) is 0. The predicted molar refractivity (Wildman–Crippen MR) is 79.2 cm³/mol. The fraction of sp³-hybridized carbons (Fsp3) is 0.500. The fourth-order valence-corrected chi connectivity index (χ4v) is 2.50. The third-order valence-electron chi connectivity index (χ3n) is 3.16. The van der Waals surface area contributed by atoms with Gasteiger partial charge >= 0.3 is 0 Å². The van der Waals surface area contributed by atoms with Gasteiger partial charge in [0, 0.05) is 11.0 Å². The maximum Gasteiger partial charge on any atom is 0.101 e. The zero-order valence-electron chi connectivity index (χ0n) is 10.8. The molecule has 4 nitrogen and oxygen atoms in total. The normalized spacial score (nSPS) is 16.0. The molecule has 2 rings (SSSR count). The highest BCUT2D eigenvalue weighted by molar-refractivity contribution is 9.10. The third kappa shape index (κ3) is 4.50. The highest BCUT2D eigenvalue weighted by Crippen LogP contribution is 2.20. The molecule has 0 saturated carbocycles. The van der Waals surface area contributed by atoms with Gasteiger partial charge in [-0.1, -0.05) is 15.9 Å². The maximum absolute atomic E-state index is 9.05. The molecular formula is C14H18BrN3O. The van der Waals surface area contributed by atoms with Crippen molar-refractivity contribution in [2.24, 2.45) is 0 Å². The van der Waals surface area contributed by atoms with Crippen molar-refractivity contribution in [1.29, 1.82) is 5.26 Å². The van der Waals surface area contributed by atoms with Crippen LogP contribution in [0.25, 0.3) is 0 Å². The maximum atomic E-state index is 9.05. The third-order valence-corrected chi connectivity index (χ3v) is 3.65. The molecule has 1 aliphatic rings. The minimum Gasteiger partial charge on any atom is -0.382 e. The molecule has 0 bridgehead atoms. The smallest absolute Gasteiger partial charge is 0.101 e. The second-order valence-electron chi connectivity index (χ2n) is 4.55. The van der Waals surface area contributed by atoms with E-state index in [0.717, 1.165) is 42.6 Å². The van der Waals surface area contributed by atoms with Gasteiger partial charge in [0.05, 0.1) is 24.0 Å². The van der Waals surface area contributed by atoms with Crippen molar-refractivity contribution >= 4 is 21.6 Å². The first kappa shape index (κ1) is 14.3. The van der Waals surface area contributed by atoms with E-state index in [1.165, 1.54) is 0 Å². The Balaban J connectivity index is 1.75. The van der Waals surface area contributed by atoms with Gasteiger partial charge in [0.25, 0.3) is 0 Å². The molecule has 0 radical (unpaired) electrons. The summed E-state index contributed by atoms with van der Waals surface area (Å²) in [6, 6.07) is 7.84. The minimum absolute atomic E-state index is 0.378. The molecule has 19 heavy (non-hydrogen) atoms. The fourth-order valence-electron chi connectivity index (χ4n) is 2.14. The number of nitriles is 1. The predicted octanol–water partition coefficient (Wildman–Crippen LogP) is 2.50. The molecule has 0 atom stereocenters. The summed E-state index contributed by atoms with van der Waals surface area (Å²) in [5.41, 5.74) is 1.51. The molecule has 1 fully saturated rings. The number of benzene rings is 1. The number of rotatable bonds is 5. The number of anilines is 1. The molecule has 1 aliphatic heterocycles. The van der Waals surface area contributed by atoms with E-state index in [1.807, 2.05) is 18.2 Å². The van der Waals surface area contributed by atoms with Crippen LogP contribution in [-0.2, 0) is 4.74 Å². The Morgan fingerprint density at radius 3 is 2.95 bits per heavy atom. The van der Waals surface area contributed by atoms with Gasteiger partial charge in [-0.15, -0.1) is 0 Å². The lowest BCUT2D eigenvalue weighted by molar-refractivity contribution is 0.0394. The summed E-state index contributed by atoms with van der Waals surface area (Å²) < 4.78 is 6.72. The molecule has 0 amide bonds. The van der Waals surface area contributed by atoms with E-state index >= 15 is 0 Å². The number of hydrogen-bond acceptors (Lipinski definition) is 4. The molecule has 5 heteroatoms. The van der Waals surface area contributed by atoms with E-state index in [4.69, 9.17) is 10.00 Å². The number of nitrogens with zero attached hydrogens (tertiary/aromatic N) is 1. The largest absolute Gasteiger partial charge is 0.382 e. The Labute approximate surface area is 122 Å². The number of nitrogens with one attached hydrogen (secondary N) is 2. The van der Waals surface area contributed by atoms with Crippen molar-refractivity contribution in [3.8, 4) is 6.07 Å². The van der Waals surface area contributed by atoms with Crippen LogP contribution in [-0.4, -0.2) is 32.3 Å². The van der Waals surface area contributed by atoms with Crippen LogP contribution in [0.2, 0.25) is 0 Å². The van der Waals surface area contributed by atoms with Crippen molar-refractivity contribution in [1.82, 2.24) is 5.32 Å². The number of hydrogen-bond donors (Lipinski definition) is 2. The molecule has 0 aromatic heterocycles. The van der Waals surface area contributed by atoms with Crippen LogP contribution in [0.3, 0.4) is 0 Å². The molecule has 1 aromatic carbocycles. The topological polar surface area (TPSA) is 57.1 Å². The molecule has 102 valence electrons. The van der Waals surface area contributed by atoms with Gasteiger partial charge in [0.1, 0.15) is 6.07 Å². The lowest BCUT2D eigenvalue weighted by Gasteiger charge is -2.23. The average molecular weight is 324 g/mol. The summed E-state index contributed by atoms with van der Waals surface area (Å²) in [6.45, 7) is 3.48. The Morgan fingerprint density at radius 2 is 2.21 bits per heavy atom. The van der Waals surface area contributed by atoms with Crippen LogP contribution in [0.4, 0.5) is 5.69 Å². The van der Waals surface area contributed by atoms with Crippen molar-refractivity contribution < 1.29 is 4.74 Å². The summed E-state index contributed by atoms with van der Waals surface area (Å²) in [4.78, 5) is 0. The summed E-state index contributed by atoms with van der Waals surface area (Å²) in [5, 5.41) is 15.6. The highest BCUT2D eigenvalue weighted by Gasteiger charge is 2.12. The number of ether oxygens (including phenoxy) is 1. The molecule has 0 spiro atoms. The van der Waals surface area contributed by atoms with E-state index in [-0.39, 0.29) is 0 Å².